The summed E-state index contributed by atoms with van der Waals surface area (Å²) >= 11 is 6.18. The lowest BCUT2D eigenvalue weighted by Gasteiger charge is -2.32. The molecule has 0 radical (unpaired) electrons. The number of pyridine rings is 1. The fourth-order valence-electron chi connectivity index (χ4n) is 3.31. The first-order valence-corrected chi connectivity index (χ1v) is 8.45. The van der Waals surface area contributed by atoms with Gasteiger partial charge in [-0.3, -0.25) is 9.55 Å². The fraction of sp³-hybridized carbons (Fsp3) is 0.562. The first-order chi connectivity index (χ1) is 11.1. The molecule has 2 N–H and O–H groups in total. The van der Waals surface area contributed by atoms with Gasteiger partial charge in [0.2, 0.25) is 0 Å². The summed E-state index contributed by atoms with van der Waals surface area (Å²) < 4.78 is 1.60. The zero-order valence-electron chi connectivity index (χ0n) is 13.3. The van der Waals surface area contributed by atoms with Gasteiger partial charge in [-0.25, -0.2) is 9.89 Å². The number of hydrogen-bond donors (Lipinski definition) is 2. The van der Waals surface area contributed by atoms with Gasteiger partial charge in [-0.1, -0.05) is 24.4 Å². The minimum Gasteiger partial charge on any atom is -0.310 e. The first kappa shape index (κ1) is 16.2. The van der Waals surface area contributed by atoms with Gasteiger partial charge in [0.1, 0.15) is 5.82 Å². The molecule has 2 atom stereocenters. The van der Waals surface area contributed by atoms with Crippen LogP contribution in [-0.4, -0.2) is 25.8 Å². The van der Waals surface area contributed by atoms with Gasteiger partial charge in [0.15, 0.2) is 0 Å². The van der Waals surface area contributed by atoms with E-state index in [0.29, 0.717) is 17.0 Å². The van der Waals surface area contributed by atoms with E-state index in [1.807, 2.05) is 6.07 Å². The number of nitrogens with zero attached hydrogens (tertiary/aromatic N) is 3. The summed E-state index contributed by atoms with van der Waals surface area (Å²) in [6, 6.07) is 2.37. The molecule has 1 fully saturated rings. The molecule has 0 aliphatic heterocycles. The minimum atomic E-state index is -0.149. The molecule has 1 aliphatic rings. The van der Waals surface area contributed by atoms with Crippen molar-refractivity contribution in [2.75, 3.05) is 0 Å². The SMILES string of the molecule is Cn1c(C[C@H]2CCCC[C@H]2NCc2ccncc2Cl)n[nH]c1=O. The van der Waals surface area contributed by atoms with Crippen molar-refractivity contribution >= 4 is 11.6 Å². The largest absolute Gasteiger partial charge is 0.343 e. The molecule has 0 unspecified atom stereocenters. The second kappa shape index (κ2) is 7.27. The van der Waals surface area contributed by atoms with E-state index in [0.717, 1.165) is 37.2 Å². The molecule has 0 bridgehead atoms. The molecule has 3 rings (SSSR count). The highest BCUT2D eigenvalue weighted by Gasteiger charge is 2.26. The third kappa shape index (κ3) is 3.82. The van der Waals surface area contributed by atoms with Crippen molar-refractivity contribution in [3.63, 3.8) is 0 Å². The summed E-state index contributed by atoms with van der Waals surface area (Å²) in [6.45, 7) is 0.738. The van der Waals surface area contributed by atoms with Crippen molar-refractivity contribution in [2.24, 2.45) is 13.0 Å². The second-order valence-corrected chi connectivity index (χ2v) is 6.61. The molecule has 2 aromatic heterocycles. The van der Waals surface area contributed by atoms with Crippen LogP contribution in [-0.2, 0) is 20.0 Å². The fourth-order valence-corrected chi connectivity index (χ4v) is 3.49. The average Bonchev–Trinajstić information content (AvgIpc) is 2.87. The Balaban J connectivity index is 1.65. The van der Waals surface area contributed by atoms with Gasteiger partial charge in [0, 0.05) is 38.4 Å². The zero-order chi connectivity index (χ0) is 16.2. The van der Waals surface area contributed by atoms with Gasteiger partial charge in [-0.2, -0.15) is 5.10 Å². The summed E-state index contributed by atoms with van der Waals surface area (Å²) in [4.78, 5) is 15.5. The van der Waals surface area contributed by atoms with Crippen LogP contribution in [0.2, 0.25) is 5.02 Å². The van der Waals surface area contributed by atoms with E-state index in [9.17, 15) is 4.79 Å². The Labute approximate surface area is 140 Å². The number of nitrogens with one attached hydrogen (secondary N) is 2. The maximum atomic E-state index is 11.5. The van der Waals surface area contributed by atoms with Crippen molar-refractivity contribution in [3.8, 4) is 0 Å². The van der Waals surface area contributed by atoms with E-state index in [1.54, 1.807) is 24.0 Å². The van der Waals surface area contributed by atoms with Crippen molar-refractivity contribution in [1.82, 2.24) is 25.1 Å². The van der Waals surface area contributed by atoms with Crippen LogP contribution < -0.4 is 11.0 Å². The maximum Gasteiger partial charge on any atom is 0.343 e. The van der Waals surface area contributed by atoms with Gasteiger partial charge >= 0.3 is 5.69 Å². The molecule has 0 spiro atoms. The predicted octanol–water partition coefficient (Wildman–Crippen LogP) is 2.05. The number of H-pyrrole nitrogens is 1. The smallest absolute Gasteiger partial charge is 0.310 e. The Morgan fingerprint density at radius 1 is 1.43 bits per heavy atom. The van der Waals surface area contributed by atoms with Crippen LogP contribution in [0, 0.1) is 5.92 Å². The van der Waals surface area contributed by atoms with Crippen LogP contribution >= 0.6 is 11.6 Å². The summed E-state index contributed by atoms with van der Waals surface area (Å²) in [6.07, 6.45) is 9.03. The van der Waals surface area contributed by atoms with Crippen molar-refractivity contribution in [2.45, 2.75) is 44.7 Å². The Morgan fingerprint density at radius 2 is 2.26 bits per heavy atom. The molecule has 1 aliphatic carbocycles. The van der Waals surface area contributed by atoms with Gasteiger partial charge in [-0.05, 0) is 30.4 Å². The number of rotatable bonds is 5. The van der Waals surface area contributed by atoms with E-state index in [4.69, 9.17) is 11.6 Å². The lowest BCUT2D eigenvalue weighted by Crippen LogP contribution is -2.39. The Hall–Kier alpha value is -1.66. The highest BCUT2D eigenvalue weighted by molar-refractivity contribution is 6.31. The van der Waals surface area contributed by atoms with E-state index in [2.05, 4.69) is 20.5 Å². The third-order valence-electron chi connectivity index (χ3n) is 4.74. The molecule has 23 heavy (non-hydrogen) atoms. The summed E-state index contributed by atoms with van der Waals surface area (Å²) in [5, 5.41) is 11.0. The second-order valence-electron chi connectivity index (χ2n) is 6.21. The topological polar surface area (TPSA) is 75.6 Å². The summed E-state index contributed by atoms with van der Waals surface area (Å²) in [5.74, 6) is 1.31. The van der Waals surface area contributed by atoms with Gasteiger partial charge in [0.05, 0.1) is 5.02 Å². The molecule has 124 valence electrons. The molecule has 0 aromatic carbocycles. The van der Waals surface area contributed by atoms with Crippen molar-refractivity contribution in [3.05, 3.63) is 45.4 Å². The molecule has 2 aromatic rings. The van der Waals surface area contributed by atoms with Gasteiger partial charge in [0.25, 0.3) is 0 Å². The Morgan fingerprint density at radius 3 is 3.00 bits per heavy atom. The van der Waals surface area contributed by atoms with E-state index in [1.165, 1.54) is 12.8 Å². The number of hydrogen-bond acceptors (Lipinski definition) is 4. The van der Waals surface area contributed by atoms with Crippen LogP contribution in [0.25, 0.3) is 0 Å². The van der Waals surface area contributed by atoms with Crippen molar-refractivity contribution in [1.29, 1.82) is 0 Å². The molecule has 0 amide bonds. The minimum absolute atomic E-state index is 0.149. The van der Waals surface area contributed by atoms with E-state index >= 15 is 0 Å². The molecule has 1 saturated carbocycles. The summed E-state index contributed by atoms with van der Waals surface area (Å²) in [5.41, 5.74) is 0.919. The maximum absolute atomic E-state index is 11.5. The lowest BCUT2D eigenvalue weighted by molar-refractivity contribution is 0.255. The highest BCUT2D eigenvalue weighted by Crippen LogP contribution is 2.27. The molecule has 7 heteroatoms. The predicted molar refractivity (Wildman–Crippen MR) is 89.4 cm³/mol. The van der Waals surface area contributed by atoms with E-state index < -0.39 is 0 Å². The zero-order valence-corrected chi connectivity index (χ0v) is 14.0. The lowest BCUT2D eigenvalue weighted by atomic mass is 9.82. The molecule has 6 nitrogen and oxygen atoms in total. The monoisotopic (exact) mass is 335 g/mol. The van der Waals surface area contributed by atoms with Crippen molar-refractivity contribution < 1.29 is 0 Å². The highest BCUT2D eigenvalue weighted by atomic mass is 35.5. The average molecular weight is 336 g/mol. The van der Waals surface area contributed by atoms with Crippen LogP contribution in [0.5, 0.6) is 0 Å². The normalized spacial score (nSPS) is 21.5. The van der Waals surface area contributed by atoms with Gasteiger partial charge < -0.3 is 5.32 Å². The van der Waals surface area contributed by atoms with Crippen LogP contribution in [0.15, 0.2) is 23.3 Å². The molecule has 0 saturated heterocycles. The Kier molecular flexibility index (Phi) is 5.13. The van der Waals surface area contributed by atoms with Crippen LogP contribution in [0.3, 0.4) is 0 Å². The van der Waals surface area contributed by atoms with Gasteiger partial charge in [-0.15, -0.1) is 0 Å². The first-order valence-electron chi connectivity index (χ1n) is 8.07. The van der Waals surface area contributed by atoms with E-state index in [-0.39, 0.29) is 5.69 Å². The standard InChI is InChI=1S/C16H22ClN5O/c1-22-15(20-21-16(22)23)8-11-4-2-3-5-14(11)19-9-12-6-7-18-10-13(12)17/h6-7,10-11,14,19H,2-5,8-9H2,1H3,(H,21,23)/t11-,14-/m1/s1. The van der Waals surface area contributed by atoms with Crippen LogP contribution in [0.4, 0.5) is 0 Å². The molecular weight excluding hydrogens is 314 g/mol. The third-order valence-corrected chi connectivity index (χ3v) is 5.08. The van der Waals surface area contributed by atoms with Crippen LogP contribution in [0.1, 0.15) is 37.1 Å². The number of halogens is 1. The summed E-state index contributed by atoms with van der Waals surface area (Å²) in [7, 11) is 1.77. The molecular formula is C16H22ClN5O. The number of aromatic nitrogens is 4. The quantitative estimate of drug-likeness (QED) is 0.876. The molecule has 2 heterocycles. The Bertz CT molecular complexity index is 710. The number of aromatic amines is 1.